The monoisotopic (exact) mass is 270 g/mol. The average molecular weight is 270 g/mol. The van der Waals surface area contributed by atoms with Gasteiger partial charge in [-0.05, 0) is 12.1 Å². The SMILES string of the molecule is O=C(CCNC(=O)c1ccco1)N[C@@H](CO)C(=O)O. The van der Waals surface area contributed by atoms with Gasteiger partial charge < -0.3 is 25.3 Å². The standard InChI is InChI=1S/C11H14N2O6/c14-6-7(11(17)18)13-9(15)3-4-12-10(16)8-2-1-5-19-8/h1-2,5,7,14H,3-4,6H2,(H,12,16)(H,13,15)(H,17,18)/t7-/m0/s1. The molecule has 2 amide bonds. The van der Waals surface area contributed by atoms with Gasteiger partial charge in [-0.15, -0.1) is 0 Å². The first-order valence-corrected chi connectivity index (χ1v) is 5.49. The number of carboxylic acid groups (broad SMARTS) is 1. The zero-order chi connectivity index (χ0) is 14.3. The third-order valence-electron chi connectivity index (χ3n) is 2.20. The van der Waals surface area contributed by atoms with E-state index in [1.54, 1.807) is 6.07 Å². The third-order valence-corrected chi connectivity index (χ3v) is 2.20. The van der Waals surface area contributed by atoms with E-state index in [1.807, 2.05) is 0 Å². The van der Waals surface area contributed by atoms with Crippen LogP contribution in [0.4, 0.5) is 0 Å². The van der Waals surface area contributed by atoms with Crippen LogP contribution in [0.25, 0.3) is 0 Å². The number of aliphatic hydroxyl groups is 1. The van der Waals surface area contributed by atoms with E-state index in [2.05, 4.69) is 10.6 Å². The molecule has 0 radical (unpaired) electrons. The minimum absolute atomic E-state index is 0.0309. The van der Waals surface area contributed by atoms with Gasteiger partial charge in [-0.3, -0.25) is 9.59 Å². The van der Waals surface area contributed by atoms with Crippen molar-refractivity contribution in [2.75, 3.05) is 13.2 Å². The van der Waals surface area contributed by atoms with Gasteiger partial charge in [0.05, 0.1) is 12.9 Å². The number of aliphatic hydroxyl groups excluding tert-OH is 1. The van der Waals surface area contributed by atoms with Gasteiger partial charge in [-0.25, -0.2) is 4.79 Å². The van der Waals surface area contributed by atoms with Gasteiger partial charge in [0.25, 0.3) is 5.91 Å². The molecule has 1 aromatic heterocycles. The van der Waals surface area contributed by atoms with E-state index >= 15 is 0 Å². The van der Waals surface area contributed by atoms with Gasteiger partial charge >= 0.3 is 5.97 Å². The fourth-order valence-electron chi connectivity index (χ4n) is 1.24. The molecule has 0 aliphatic heterocycles. The fraction of sp³-hybridized carbons (Fsp3) is 0.364. The molecule has 1 rings (SSSR count). The molecule has 104 valence electrons. The smallest absolute Gasteiger partial charge is 0.328 e. The summed E-state index contributed by atoms with van der Waals surface area (Å²) >= 11 is 0. The summed E-state index contributed by atoms with van der Waals surface area (Å²) in [4.78, 5) is 33.3. The molecule has 8 nitrogen and oxygen atoms in total. The van der Waals surface area contributed by atoms with Crippen LogP contribution in [0.15, 0.2) is 22.8 Å². The number of amides is 2. The first-order valence-electron chi connectivity index (χ1n) is 5.49. The fourth-order valence-corrected chi connectivity index (χ4v) is 1.24. The summed E-state index contributed by atoms with van der Waals surface area (Å²) in [7, 11) is 0. The number of rotatable bonds is 7. The highest BCUT2D eigenvalue weighted by molar-refractivity contribution is 5.91. The van der Waals surface area contributed by atoms with Crippen molar-refractivity contribution in [3.8, 4) is 0 Å². The summed E-state index contributed by atoms with van der Waals surface area (Å²) in [5, 5.41) is 21.9. The Labute approximate surface area is 108 Å². The summed E-state index contributed by atoms with van der Waals surface area (Å²) in [6.07, 6.45) is 1.25. The summed E-state index contributed by atoms with van der Waals surface area (Å²) < 4.78 is 4.84. The number of carbonyl (C=O) groups excluding carboxylic acids is 2. The lowest BCUT2D eigenvalue weighted by Crippen LogP contribution is -2.44. The Balaban J connectivity index is 2.27. The number of furan rings is 1. The Morgan fingerprint density at radius 3 is 2.63 bits per heavy atom. The van der Waals surface area contributed by atoms with E-state index in [-0.39, 0.29) is 18.7 Å². The molecule has 8 heteroatoms. The van der Waals surface area contributed by atoms with Crippen LogP contribution in [-0.2, 0) is 9.59 Å². The maximum Gasteiger partial charge on any atom is 0.328 e. The van der Waals surface area contributed by atoms with Crippen molar-refractivity contribution in [1.29, 1.82) is 0 Å². The van der Waals surface area contributed by atoms with E-state index in [0.717, 1.165) is 0 Å². The summed E-state index contributed by atoms with van der Waals surface area (Å²) in [6.45, 7) is -0.664. The van der Waals surface area contributed by atoms with Crippen LogP contribution in [-0.4, -0.2) is 47.2 Å². The molecule has 0 unspecified atom stereocenters. The second-order valence-corrected chi connectivity index (χ2v) is 3.62. The topological polar surface area (TPSA) is 129 Å². The molecule has 19 heavy (non-hydrogen) atoms. The lowest BCUT2D eigenvalue weighted by Gasteiger charge is -2.11. The van der Waals surface area contributed by atoms with Crippen molar-refractivity contribution in [3.05, 3.63) is 24.2 Å². The quantitative estimate of drug-likeness (QED) is 0.501. The minimum atomic E-state index is -1.34. The molecule has 0 bridgehead atoms. The molecule has 1 heterocycles. The normalized spacial score (nSPS) is 11.6. The Kier molecular flexibility index (Phi) is 5.55. The van der Waals surface area contributed by atoms with Crippen LogP contribution >= 0.6 is 0 Å². The van der Waals surface area contributed by atoms with Crippen LogP contribution in [0.3, 0.4) is 0 Å². The van der Waals surface area contributed by atoms with Crippen LogP contribution < -0.4 is 10.6 Å². The number of carbonyl (C=O) groups is 3. The number of carboxylic acids is 1. The van der Waals surface area contributed by atoms with Crippen molar-refractivity contribution in [2.45, 2.75) is 12.5 Å². The zero-order valence-corrected chi connectivity index (χ0v) is 9.96. The van der Waals surface area contributed by atoms with Crippen molar-refractivity contribution >= 4 is 17.8 Å². The van der Waals surface area contributed by atoms with E-state index in [9.17, 15) is 14.4 Å². The van der Waals surface area contributed by atoms with Crippen LogP contribution in [0.5, 0.6) is 0 Å². The molecular formula is C11H14N2O6. The molecule has 0 saturated carbocycles. The third kappa shape index (κ3) is 4.80. The van der Waals surface area contributed by atoms with E-state index in [4.69, 9.17) is 14.6 Å². The van der Waals surface area contributed by atoms with Gasteiger partial charge in [0, 0.05) is 13.0 Å². The predicted molar refractivity (Wildman–Crippen MR) is 62.3 cm³/mol. The number of hydrogen-bond acceptors (Lipinski definition) is 5. The van der Waals surface area contributed by atoms with E-state index < -0.39 is 30.4 Å². The van der Waals surface area contributed by atoms with E-state index in [0.29, 0.717) is 0 Å². The highest BCUT2D eigenvalue weighted by Gasteiger charge is 2.18. The Hall–Kier alpha value is -2.35. The Morgan fingerprint density at radius 2 is 2.11 bits per heavy atom. The lowest BCUT2D eigenvalue weighted by atomic mass is 10.3. The molecule has 0 aliphatic carbocycles. The van der Waals surface area contributed by atoms with Gasteiger partial charge in [0.2, 0.25) is 5.91 Å². The molecule has 0 fully saturated rings. The maximum absolute atomic E-state index is 11.4. The molecule has 1 atom stereocenters. The van der Waals surface area contributed by atoms with Crippen molar-refractivity contribution < 1.29 is 29.0 Å². The maximum atomic E-state index is 11.4. The van der Waals surface area contributed by atoms with Crippen LogP contribution in [0.1, 0.15) is 17.0 Å². The molecule has 0 aliphatic rings. The Bertz CT molecular complexity index is 442. The first kappa shape index (κ1) is 14.7. The van der Waals surface area contributed by atoms with Gasteiger partial charge in [-0.2, -0.15) is 0 Å². The number of nitrogens with one attached hydrogen (secondary N) is 2. The van der Waals surface area contributed by atoms with Crippen molar-refractivity contribution in [2.24, 2.45) is 0 Å². The van der Waals surface area contributed by atoms with E-state index in [1.165, 1.54) is 12.3 Å². The predicted octanol–water partition coefficient (Wildman–Crippen LogP) is -1.04. The van der Waals surface area contributed by atoms with Gasteiger partial charge in [0.15, 0.2) is 5.76 Å². The number of hydrogen-bond donors (Lipinski definition) is 4. The van der Waals surface area contributed by atoms with Gasteiger partial charge in [-0.1, -0.05) is 0 Å². The van der Waals surface area contributed by atoms with Crippen LogP contribution in [0.2, 0.25) is 0 Å². The summed E-state index contributed by atoms with van der Waals surface area (Å²) in [5.41, 5.74) is 0. The lowest BCUT2D eigenvalue weighted by molar-refractivity contribution is -0.142. The number of aliphatic carboxylic acids is 1. The minimum Gasteiger partial charge on any atom is -0.480 e. The van der Waals surface area contributed by atoms with Gasteiger partial charge in [0.1, 0.15) is 6.04 Å². The largest absolute Gasteiger partial charge is 0.480 e. The molecule has 0 spiro atoms. The second kappa shape index (κ2) is 7.17. The second-order valence-electron chi connectivity index (χ2n) is 3.62. The molecule has 0 saturated heterocycles. The zero-order valence-electron chi connectivity index (χ0n) is 9.96. The van der Waals surface area contributed by atoms with Crippen molar-refractivity contribution in [1.82, 2.24) is 10.6 Å². The molecule has 4 N–H and O–H groups in total. The molecule has 1 aromatic rings. The summed E-state index contributed by atoms with van der Waals surface area (Å²) in [5.74, 6) is -2.24. The van der Waals surface area contributed by atoms with Crippen LogP contribution in [0, 0.1) is 0 Å². The molecular weight excluding hydrogens is 256 g/mol. The highest BCUT2D eigenvalue weighted by Crippen LogP contribution is 1.98. The average Bonchev–Trinajstić information content (AvgIpc) is 2.89. The molecule has 0 aromatic carbocycles. The Morgan fingerprint density at radius 1 is 1.37 bits per heavy atom. The highest BCUT2D eigenvalue weighted by atomic mass is 16.4. The summed E-state index contributed by atoms with van der Waals surface area (Å²) in [6, 6.07) is 1.69. The first-order chi connectivity index (χ1) is 9.04. The van der Waals surface area contributed by atoms with Crippen molar-refractivity contribution in [3.63, 3.8) is 0 Å².